The largest absolute Gasteiger partial charge is 0.494 e. The van der Waals surface area contributed by atoms with E-state index in [0.29, 0.717) is 23.8 Å². The van der Waals surface area contributed by atoms with Gasteiger partial charge >= 0.3 is 0 Å². The number of ether oxygens (including phenoxy) is 3. The third-order valence-electron chi connectivity index (χ3n) is 5.86. The molecule has 3 rings (SSSR count). The first-order valence-corrected chi connectivity index (χ1v) is 11.1. The van der Waals surface area contributed by atoms with Crippen molar-refractivity contribution >= 4 is 17.5 Å². The Labute approximate surface area is 189 Å². The summed E-state index contributed by atoms with van der Waals surface area (Å²) in [4.78, 5) is 28.0. The summed E-state index contributed by atoms with van der Waals surface area (Å²) in [5.41, 5.74) is 1.69. The molecule has 7 nitrogen and oxygen atoms in total. The first-order valence-electron chi connectivity index (χ1n) is 11.1. The summed E-state index contributed by atoms with van der Waals surface area (Å²) in [7, 11) is 5.18. The quantitative estimate of drug-likeness (QED) is 0.428. The monoisotopic (exact) mass is 441 g/mol. The van der Waals surface area contributed by atoms with Crippen molar-refractivity contribution in [3.63, 3.8) is 0 Å². The highest BCUT2D eigenvalue weighted by Gasteiger charge is 2.44. The molecule has 2 atom stereocenters. The SMILES string of the molecule is CCCCOc1ccc(N2C(=O)C[C@@H]([NH+](C)CCc3ccc(OC)c(OC)c3)C2=O)cc1. The van der Waals surface area contributed by atoms with Gasteiger partial charge in [-0.05, 0) is 48.4 Å². The van der Waals surface area contributed by atoms with E-state index in [4.69, 9.17) is 14.2 Å². The van der Waals surface area contributed by atoms with Crippen molar-refractivity contribution in [3.8, 4) is 17.2 Å². The summed E-state index contributed by atoms with van der Waals surface area (Å²) in [6, 6.07) is 12.6. The zero-order valence-corrected chi connectivity index (χ0v) is 19.3. The van der Waals surface area contributed by atoms with Crippen molar-refractivity contribution in [3.05, 3.63) is 48.0 Å². The maximum Gasteiger partial charge on any atom is 0.292 e. The third kappa shape index (κ3) is 5.40. The molecule has 1 fully saturated rings. The Hall–Kier alpha value is -3.06. The summed E-state index contributed by atoms with van der Waals surface area (Å²) in [5.74, 6) is 1.80. The van der Waals surface area contributed by atoms with Gasteiger partial charge in [0.1, 0.15) is 5.75 Å². The van der Waals surface area contributed by atoms with Gasteiger partial charge in [0.15, 0.2) is 17.5 Å². The summed E-state index contributed by atoms with van der Waals surface area (Å²) < 4.78 is 16.3. The molecule has 1 unspecified atom stereocenters. The molecule has 0 aliphatic carbocycles. The first-order chi connectivity index (χ1) is 15.5. The van der Waals surface area contributed by atoms with E-state index in [2.05, 4.69) is 6.92 Å². The van der Waals surface area contributed by atoms with Crippen LogP contribution in [0.5, 0.6) is 17.2 Å². The van der Waals surface area contributed by atoms with Crippen LogP contribution in [0.2, 0.25) is 0 Å². The highest BCUT2D eigenvalue weighted by atomic mass is 16.5. The highest BCUT2D eigenvalue weighted by molar-refractivity contribution is 6.21. The normalized spacial score (nSPS) is 16.9. The van der Waals surface area contributed by atoms with Crippen LogP contribution in [0.4, 0.5) is 5.69 Å². The summed E-state index contributed by atoms with van der Waals surface area (Å²) in [6.07, 6.45) is 3.03. The lowest BCUT2D eigenvalue weighted by Gasteiger charge is -2.20. The number of carbonyl (C=O) groups is 2. The Morgan fingerprint density at radius 3 is 2.41 bits per heavy atom. The van der Waals surface area contributed by atoms with Crippen LogP contribution in [0.3, 0.4) is 0 Å². The van der Waals surface area contributed by atoms with Crippen molar-refractivity contribution < 1.29 is 28.7 Å². The summed E-state index contributed by atoms with van der Waals surface area (Å²) >= 11 is 0. The smallest absolute Gasteiger partial charge is 0.292 e. The average molecular weight is 442 g/mol. The molecule has 2 amide bonds. The first kappa shape index (κ1) is 23.6. The number of carbonyl (C=O) groups excluding carboxylic acids is 2. The Kier molecular flexibility index (Phi) is 8.11. The predicted molar refractivity (Wildman–Crippen MR) is 123 cm³/mol. The van der Waals surface area contributed by atoms with Crippen LogP contribution >= 0.6 is 0 Å². The molecule has 1 saturated heterocycles. The number of nitrogens with one attached hydrogen (secondary N) is 1. The van der Waals surface area contributed by atoms with Crippen LogP contribution in [0, 0.1) is 0 Å². The second-order valence-electron chi connectivity index (χ2n) is 8.06. The van der Waals surface area contributed by atoms with E-state index in [1.807, 2.05) is 37.4 Å². The molecule has 0 spiro atoms. The fourth-order valence-electron chi connectivity index (χ4n) is 3.87. The molecule has 7 heteroatoms. The van der Waals surface area contributed by atoms with Crippen molar-refractivity contribution in [2.24, 2.45) is 0 Å². The topological polar surface area (TPSA) is 69.5 Å². The van der Waals surface area contributed by atoms with Gasteiger partial charge in [0.2, 0.25) is 5.91 Å². The van der Waals surface area contributed by atoms with Crippen molar-refractivity contribution in [1.29, 1.82) is 0 Å². The Balaban J connectivity index is 1.61. The van der Waals surface area contributed by atoms with Gasteiger partial charge in [-0.3, -0.25) is 9.59 Å². The van der Waals surface area contributed by atoms with E-state index in [1.54, 1.807) is 26.4 Å². The lowest BCUT2D eigenvalue weighted by Crippen LogP contribution is -3.14. The van der Waals surface area contributed by atoms with Gasteiger partial charge in [0.05, 0.1) is 46.5 Å². The maximum atomic E-state index is 13.1. The molecule has 1 N–H and O–H groups in total. The predicted octanol–water partition coefficient (Wildman–Crippen LogP) is 2.27. The Bertz CT molecular complexity index is 928. The number of benzene rings is 2. The van der Waals surface area contributed by atoms with Crippen LogP contribution in [0.1, 0.15) is 31.7 Å². The van der Waals surface area contributed by atoms with Gasteiger partial charge in [0.25, 0.3) is 5.91 Å². The van der Waals surface area contributed by atoms with Crippen molar-refractivity contribution in [2.75, 3.05) is 39.3 Å². The van der Waals surface area contributed by atoms with E-state index in [9.17, 15) is 9.59 Å². The van der Waals surface area contributed by atoms with E-state index >= 15 is 0 Å². The molecule has 0 saturated carbocycles. The number of methoxy groups -OCH3 is 2. The van der Waals surface area contributed by atoms with Crippen LogP contribution < -0.4 is 24.0 Å². The van der Waals surface area contributed by atoms with E-state index in [1.165, 1.54) is 4.90 Å². The molecule has 1 aliphatic rings. The number of rotatable bonds is 11. The molecule has 1 aliphatic heterocycles. The fourth-order valence-corrected chi connectivity index (χ4v) is 3.87. The van der Waals surface area contributed by atoms with Crippen LogP contribution in [0.15, 0.2) is 42.5 Å². The maximum absolute atomic E-state index is 13.1. The zero-order valence-electron chi connectivity index (χ0n) is 19.3. The number of imide groups is 1. The summed E-state index contributed by atoms with van der Waals surface area (Å²) in [6.45, 7) is 3.49. The van der Waals surface area contributed by atoms with Gasteiger partial charge in [-0.1, -0.05) is 19.4 Å². The van der Waals surface area contributed by atoms with Gasteiger partial charge in [0, 0.05) is 6.42 Å². The molecule has 0 radical (unpaired) electrons. The number of hydrogen-bond acceptors (Lipinski definition) is 5. The Morgan fingerprint density at radius 2 is 1.75 bits per heavy atom. The average Bonchev–Trinajstić information content (AvgIpc) is 3.11. The molecule has 1 heterocycles. The third-order valence-corrected chi connectivity index (χ3v) is 5.86. The van der Waals surface area contributed by atoms with E-state index in [-0.39, 0.29) is 24.3 Å². The zero-order chi connectivity index (χ0) is 23.1. The van der Waals surface area contributed by atoms with Crippen LogP contribution in [0.25, 0.3) is 0 Å². The van der Waals surface area contributed by atoms with Crippen LogP contribution in [-0.4, -0.2) is 52.3 Å². The number of hydrogen-bond donors (Lipinski definition) is 1. The molecule has 0 bridgehead atoms. The molecule has 172 valence electrons. The molecule has 0 aromatic heterocycles. The number of likely N-dealkylation sites (N-methyl/N-ethyl adjacent to an activating group) is 1. The van der Waals surface area contributed by atoms with Gasteiger partial charge in [-0.2, -0.15) is 0 Å². The number of quaternary nitrogens is 1. The number of nitrogens with zero attached hydrogens (tertiary/aromatic N) is 1. The highest BCUT2D eigenvalue weighted by Crippen LogP contribution is 2.28. The van der Waals surface area contributed by atoms with E-state index < -0.39 is 0 Å². The van der Waals surface area contributed by atoms with Gasteiger partial charge in [-0.25, -0.2) is 4.90 Å². The lowest BCUT2D eigenvalue weighted by molar-refractivity contribution is -0.894. The van der Waals surface area contributed by atoms with Gasteiger partial charge < -0.3 is 19.1 Å². The number of unbranched alkanes of at least 4 members (excludes halogenated alkanes) is 1. The minimum absolute atomic E-state index is 0.153. The molecule has 32 heavy (non-hydrogen) atoms. The molecule has 2 aromatic rings. The fraction of sp³-hybridized carbons (Fsp3) is 0.440. The summed E-state index contributed by atoms with van der Waals surface area (Å²) in [5, 5.41) is 0. The number of anilines is 1. The van der Waals surface area contributed by atoms with E-state index in [0.717, 1.165) is 42.0 Å². The van der Waals surface area contributed by atoms with Crippen LogP contribution in [-0.2, 0) is 16.0 Å². The lowest BCUT2D eigenvalue weighted by atomic mass is 10.1. The standard InChI is InChI=1S/C25H32N2O5/c1-5-6-15-32-20-10-8-19(9-11-20)27-24(28)17-21(25(27)29)26(2)14-13-18-7-12-22(30-3)23(16-18)31-4/h7-12,16,21H,5-6,13-15,17H2,1-4H3/p+1/t21-/m1/s1. The second-order valence-corrected chi connectivity index (χ2v) is 8.06. The minimum Gasteiger partial charge on any atom is -0.494 e. The molecular weight excluding hydrogens is 408 g/mol. The Morgan fingerprint density at radius 1 is 1.03 bits per heavy atom. The van der Waals surface area contributed by atoms with Crippen molar-refractivity contribution in [1.82, 2.24) is 0 Å². The molecular formula is C25H33N2O5+. The minimum atomic E-state index is -0.386. The second kappa shape index (κ2) is 11.0. The number of amides is 2. The molecule has 2 aromatic carbocycles. The van der Waals surface area contributed by atoms with Crippen molar-refractivity contribution in [2.45, 2.75) is 38.6 Å². The van der Waals surface area contributed by atoms with Gasteiger partial charge in [-0.15, -0.1) is 0 Å².